The lowest BCUT2D eigenvalue weighted by atomic mass is 9.98. The number of carboxylic acid groups (broad SMARTS) is 1. The van der Waals surface area contributed by atoms with E-state index in [0.717, 1.165) is 5.56 Å². The molecule has 2 rings (SSSR count). The zero-order valence-electron chi connectivity index (χ0n) is 17.9. The molecule has 10 heteroatoms. The number of carboxylic acids is 1. The Hall–Kier alpha value is -2.10. The molecule has 2 aromatic carbocycles. The van der Waals surface area contributed by atoms with E-state index >= 15 is 0 Å². The number of hydrogen-bond donors (Lipinski definition) is 2. The minimum Gasteiger partial charge on any atom is -0.481 e. The smallest absolute Gasteiger partial charge is 0.389 e. The molecule has 0 saturated heterocycles. The van der Waals surface area contributed by atoms with Crippen molar-refractivity contribution >= 4 is 27.6 Å². The standard InChI is InChI=1S/C23H27ClF3NO4S/c24-19-12-14-20(15-13-19)33(31,32)28-21(6-2-1-3-16-23(25,26)27)18-10-8-17(9-11-18)5-4-7-22(29)30/h8-15,21,28H,1-7,16H2,(H,29,30). The molecule has 0 aliphatic rings. The molecule has 182 valence electrons. The Labute approximate surface area is 197 Å². The quantitative estimate of drug-likeness (QED) is 0.314. The highest BCUT2D eigenvalue weighted by Crippen LogP contribution is 2.27. The first-order chi connectivity index (χ1) is 15.5. The number of hydrogen-bond acceptors (Lipinski definition) is 3. The molecule has 33 heavy (non-hydrogen) atoms. The van der Waals surface area contributed by atoms with Crippen LogP contribution in [0.5, 0.6) is 0 Å². The molecule has 2 aromatic rings. The molecule has 5 nitrogen and oxygen atoms in total. The molecule has 0 fully saturated rings. The number of alkyl halides is 3. The van der Waals surface area contributed by atoms with E-state index in [0.29, 0.717) is 42.7 Å². The van der Waals surface area contributed by atoms with Gasteiger partial charge in [0.05, 0.1) is 4.90 Å². The predicted molar refractivity (Wildman–Crippen MR) is 121 cm³/mol. The first-order valence-corrected chi connectivity index (χ1v) is 12.5. The van der Waals surface area contributed by atoms with Crippen LogP contribution in [0.15, 0.2) is 53.4 Å². The fraction of sp³-hybridized carbons (Fsp3) is 0.435. The molecule has 0 heterocycles. The number of unbranched alkanes of at least 4 members (excludes halogenated alkanes) is 2. The monoisotopic (exact) mass is 505 g/mol. The van der Waals surface area contributed by atoms with Gasteiger partial charge in [-0.25, -0.2) is 13.1 Å². The normalized spacial score (nSPS) is 13.1. The molecule has 0 amide bonds. The van der Waals surface area contributed by atoms with E-state index < -0.39 is 34.6 Å². The van der Waals surface area contributed by atoms with E-state index in [4.69, 9.17) is 16.7 Å². The van der Waals surface area contributed by atoms with Gasteiger partial charge in [0.25, 0.3) is 0 Å². The molecule has 1 unspecified atom stereocenters. The summed E-state index contributed by atoms with van der Waals surface area (Å²) in [5, 5.41) is 9.15. The molecule has 0 aliphatic carbocycles. The van der Waals surface area contributed by atoms with Gasteiger partial charge in [-0.05, 0) is 61.1 Å². The van der Waals surface area contributed by atoms with Crippen LogP contribution in [0, 0.1) is 0 Å². The van der Waals surface area contributed by atoms with Crippen LogP contribution in [-0.4, -0.2) is 25.7 Å². The van der Waals surface area contributed by atoms with Crippen LogP contribution in [0.25, 0.3) is 0 Å². The fourth-order valence-electron chi connectivity index (χ4n) is 3.37. The van der Waals surface area contributed by atoms with Gasteiger partial charge in [-0.1, -0.05) is 48.7 Å². The summed E-state index contributed by atoms with van der Waals surface area (Å²) < 4.78 is 65.5. The predicted octanol–water partition coefficient (Wildman–Crippen LogP) is 6.28. The van der Waals surface area contributed by atoms with Gasteiger partial charge in [0.1, 0.15) is 0 Å². The van der Waals surface area contributed by atoms with Gasteiger partial charge < -0.3 is 5.11 Å². The Morgan fingerprint density at radius 3 is 2.18 bits per heavy atom. The van der Waals surface area contributed by atoms with Crippen LogP contribution in [0.3, 0.4) is 0 Å². The largest absolute Gasteiger partial charge is 0.481 e. The summed E-state index contributed by atoms with van der Waals surface area (Å²) in [5.41, 5.74) is 1.61. The zero-order chi connectivity index (χ0) is 24.5. The average Bonchev–Trinajstić information content (AvgIpc) is 2.72. The number of aliphatic carboxylic acids is 1. The summed E-state index contributed by atoms with van der Waals surface area (Å²) in [6.45, 7) is 0. The lowest BCUT2D eigenvalue weighted by molar-refractivity contribution is -0.137. The Morgan fingerprint density at radius 1 is 0.970 bits per heavy atom. The third kappa shape index (κ3) is 10.1. The maximum Gasteiger partial charge on any atom is 0.389 e. The molecule has 0 aliphatic heterocycles. The van der Waals surface area contributed by atoms with Crippen molar-refractivity contribution in [3.05, 3.63) is 64.7 Å². The minimum absolute atomic E-state index is 0.0112. The van der Waals surface area contributed by atoms with Crippen molar-refractivity contribution in [1.29, 1.82) is 0 Å². The number of halogens is 4. The van der Waals surface area contributed by atoms with Crippen LogP contribution in [0.2, 0.25) is 5.02 Å². The molecule has 0 saturated carbocycles. The van der Waals surface area contributed by atoms with Gasteiger partial charge in [0.15, 0.2) is 0 Å². The van der Waals surface area contributed by atoms with E-state index in [1.165, 1.54) is 24.3 Å². The third-order valence-electron chi connectivity index (χ3n) is 5.11. The van der Waals surface area contributed by atoms with E-state index in [2.05, 4.69) is 4.72 Å². The molecular formula is C23H27ClF3NO4S. The number of benzene rings is 2. The molecule has 0 radical (unpaired) electrons. The first-order valence-electron chi connectivity index (χ1n) is 10.6. The molecule has 2 N–H and O–H groups in total. The maximum absolute atomic E-state index is 12.9. The van der Waals surface area contributed by atoms with Crippen LogP contribution in [-0.2, 0) is 21.2 Å². The van der Waals surface area contributed by atoms with Crippen molar-refractivity contribution < 1.29 is 31.5 Å². The first kappa shape index (κ1) is 27.1. The molecule has 0 aromatic heterocycles. The second-order valence-corrected chi connectivity index (χ2v) is 9.98. The van der Waals surface area contributed by atoms with E-state index in [1.807, 2.05) is 12.1 Å². The van der Waals surface area contributed by atoms with Crippen molar-refractivity contribution in [1.82, 2.24) is 4.72 Å². The lowest BCUT2D eigenvalue weighted by Crippen LogP contribution is -2.28. The van der Waals surface area contributed by atoms with Gasteiger partial charge in [-0.15, -0.1) is 0 Å². The van der Waals surface area contributed by atoms with Gasteiger partial charge in [-0.2, -0.15) is 13.2 Å². The van der Waals surface area contributed by atoms with Crippen molar-refractivity contribution in [3.63, 3.8) is 0 Å². The SMILES string of the molecule is O=C(O)CCCc1ccc(C(CCCCCC(F)(F)F)NS(=O)(=O)c2ccc(Cl)cc2)cc1. The van der Waals surface area contributed by atoms with Crippen molar-refractivity contribution in [2.24, 2.45) is 0 Å². The zero-order valence-corrected chi connectivity index (χ0v) is 19.5. The van der Waals surface area contributed by atoms with Crippen molar-refractivity contribution in [2.75, 3.05) is 0 Å². The maximum atomic E-state index is 12.9. The summed E-state index contributed by atoms with van der Waals surface area (Å²) in [7, 11) is -3.88. The summed E-state index contributed by atoms with van der Waals surface area (Å²) in [6, 6.07) is 12.2. The molecule has 0 spiro atoms. The second-order valence-electron chi connectivity index (χ2n) is 7.83. The second kappa shape index (κ2) is 12.4. The molecule has 0 bridgehead atoms. The van der Waals surface area contributed by atoms with Crippen LogP contribution >= 0.6 is 11.6 Å². The van der Waals surface area contributed by atoms with Gasteiger partial charge in [-0.3, -0.25) is 4.79 Å². The summed E-state index contributed by atoms with van der Waals surface area (Å²) in [5.74, 6) is -0.867. The Balaban J connectivity index is 2.10. The van der Waals surface area contributed by atoms with Crippen LogP contribution in [0.4, 0.5) is 13.2 Å². The van der Waals surface area contributed by atoms with Crippen molar-refractivity contribution in [3.8, 4) is 0 Å². The topological polar surface area (TPSA) is 83.5 Å². The number of rotatable bonds is 13. The number of sulfonamides is 1. The van der Waals surface area contributed by atoms with E-state index in [9.17, 15) is 26.4 Å². The highest BCUT2D eigenvalue weighted by molar-refractivity contribution is 7.89. The average molecular weight is 506 g/mol. The number of carbonyl (C=O) groups is 1. The molecule has 1 atom stereocenters. The third-order valence-corrected chi connectivity index (χ3v) is 6.85. The van der Waals surface area contributed by atoms with Crippen LogP contribution < -0.4 is 4.72 Å². The minimum atomic E-state index is -4.20. The summed E-state index contributed by atoms with van der Waals surface area (Å²) in [6.07, 6.45) is -2.87. The summed E-state index contributed by atoms with van der Waals surface area (Å²) in [4.78, 5) is 10.7. The van der Waals surface area contributed by atoms with Crippen molar-refractivity contribution in [2.45, 2.75) is 68.5 Å². The van der Waals surface area contributed by atoms with Gasteiger partial charge >= 0.3 is 12.1 Å². The number of aryl methyl sites for hydroxylation is 1. The Morgan fingerprint density at radius 2 is 1.61 bits per heavy atom. The van der Waals surface area contributed by atoms with E-state index in [-0.39, 0.29) is 17.7 Å². The summed E-state index contributed by atoms with van der Waals surface area (Å²) >= 11 is 5.83. The fourth-order valence-corrected chi connectivity index (χ4v) is 4.76. The van der Waals surface area contributed by atoms with E-state index in [1.54, 1.807) is 12.1 Å². The highest BCUT2D eigenvalue weighted by Gasteiger charge is 2.26. The highest BCUT2D eigenvalue weighted by atomic mass is 35.5. The Kier molecular flexibility index (Phi) is 10.2. The van der Waals surface area contributed by atoms with Gasteiger partial charge in [0.2, 0.25) is 10.0 Å². The lowest BCUT2D eigenvalue weighted by Gasteiger charge is -2.20. The number of nitrogens with one attached hydrogen (secondary N) is 1. The van der Waals surface area contributed by atoms with Gasteiger partial charge in [0, 0.05) is 23.9 Å². The Bertz CT molecular complexity index is 994. The molecular weight excluding hydrogens is 479 g/mol. The van der Waals surface area contributed by atoms with Crippen LogP contribution in [0.1, 0.15) is 62.1 Å².